The predicted molar refractivity (Wildman–Crippen MR) is 88.0 cm³/mol. The molecule has 0 spiro atoms. The third-order valence-corrected chi connectivity index (χ3v) is 4.17. The van der Waals surface area contributed by atoms with Crippen molar-refractivity contribution in [2.24, 2.45) is 0 Å². The maximum atomic E-state index is 12.5. The van der Waals surface area contributed by atoms with Crippen LogP contribution in [0.2, 0.25) is 0 Å². The predicted octanol–water partition coefficient (Wildman–Crippen LogP) is 3.28. The monoisotopic (exact) mass is 303 g/mol. The molecule has 0 aromatic carbocycles. The third kappa shape index (κ3) is 4.29. The number of anilines is 1. The Kier molecular flexibility index (Phi) is 5.75. The van der Waals surface area contributed by atoms with Crippen LogP contribution in [0.25, 0.3) is 0 Å². The van der Waals surface area contributed by atoms with Gasteiger partial charge in [0.15, 0.2) is 0 Å². The Balaban J connectivity index is 2.01. The lowest BCUT2D eigenvalue weighted by molar-refractivity contribution is 0.0797. The van der Waals surface area contributed by atoms with Gasteiger partial charge in [-0.3, -0.25) is 9.78 Å². The van der Waals surface area contributed by atoms with Crippen LogP contribution in [-0.4, -0.2) is 35.9 Å². The topological polar surface area (TPSA) is 45.2 Å². The zero-order chi connectivity index (χ0) is 15.1. The highest BCUT2D eigenvalue weighted by atomic mass is 32.1. The van der Waals surface area contributed by atoms with E-state index in [1.54, 1.807) is 28.6 Å². The molecule has 0 bridgehead atoms. The van der Waals surface area contributed by atoms with Crippen molar-refractivity contribution in [1.82, 2.24) is 9.88 Å². The second-order valence-corrected chi connectivity index (χ2v) is 5.94. The molecule has 0 saturated carbocycles. The molecule has 2 aromatic heterocycles. The first-order valence-electron chi connectivity index (χ1n) is 7.18. The smallest absolute Gasteiger partial charge is 0.257 e. The number of thiophene rings is 1. The van der Waals surface area contributed by atoms with Gasteiger partial charge in [0.2, 0.25) is 0 Å². The summed E-state index contributed by atoms with van der Waals surface area (Å²) in [4.78, 5) is 19.7. The summed E-state index contributed by atoms with van der Waals surface area (Å²) < 4.78 is 0. The van der Waals surface area contributed by atoms with E-state index in [2.05, 4.69) is 28.7 Å². The summed E-state index contributed by atoms with van der Waals surface area (Å²) in [5.41, 5.74) is 1.50. The first-order valence-corrected chi connectivity index (χ1v) is 8.06. The highest BCUT2D eigenvalue weighted by Gasteiger charge is 2.15. The van der Waals surface area contributed by atoms with E-state index in [9.17, 15) is 4.79 Å². The van der Waals surface area contributed by atoms with Gasteiger partial charge in [0.05, 0.1) is 11.3 Å². The van der Waals surface area contributed by atoms with Gasteiger partial charge in [-0.2, -0.15) is 0 Å². The molecule has 0 aliphatic rings. The van der Waals surface area contributed by atoms with E-state index < -0.39 is 0 Å². The zero-order valence-electron chi connectivity index (χ0n) is 12.5. The van der Waals surface area contributed by atoms with Gasteiger partial charge in [-0.1, -0.05) is 13.0 Å². The van der Waals surface area contributed by atoms with Crippen molar-refractivity contribution in [1.29, 1.82) is 0 Å². The molecule has 21 heavy (non-hydrogen) atoms. The van der Waals surface area contributed by atoms with Crippen molar-refractivity contribution in [3.63, 3.8) is 0 Å². The van der Waals surface area contributed by atoms with Crippen LogP contribution >= 0.6 is 11.3 Å². The second-order valence-electron chi connectivity index (χ2n) is 4.90. The minimum absolute atomic E-state index is 0.0123. The summed E-state index contributed by atoms with van der Waals surface area (Å²) in [6, 6.07) is 5.99. The molecule has 112 valence electrons. The van der Waals surface area contributed by atoms with Gasteiger partial charge in [-0.25, -0.2) is 0 Å². The number of pyridine rings is 1. The van der Waals surface area contributed by atoms with Crippen molar-refractivity contribution >= 4 is 22.9 Å². The molecule has 5 heteroatoms. The van der Waals surface area contributed by atoms with Crippen LogP contribution in [0.1, 0.15) is 28.6 Å². The molecule has 0 unspecified atom stereocenters. The number of carbonyl (C=O) groups excluding carboxylic acids is 1. The number of amides is 1. The van der Waals surface area contributed by atoms with Crippen molar-refractivity contribution in [3.8, 4) is 0 Å². The average Bonchev–Trinajstić information content (AvgIpc) is 3.03. The van der Waals surface area contributed by atoms with Gasteiger partial charge in [0, 0.05) is 37.4 Å². The molecule has 0 saturated heterocycles. The molecule has 0 fully saturated rings. The van der Waals surface area contributed by atoms with Gasteiger partial charge in [0.25, 0.3) is 5.91 Å². The highest BCUT2D eigenvalue weighted by molar-refractivity contribution is 7.09. The van der Waals surface area contributed by atoms with E-state index in [0.717, 1.165) is 25.1 Å². The largest absolute Gasteiger partial charge is 0.384 e. The Hall–Kier alpha value is -1.88. The van der Waals surface area contributed by atoms with Crippen LogP contribution in [0.5, 0.6) is 0 Å². The summed E-state index contributed by atoms with van der Waals surface area (Å²) in [5.74, 6) is 0.0123. The maximum absolute atomic E-state index is 12.5. The van der Waals surface area contributed by atoms with Crippen molar-refractivity contribution < 1.29 is 4.79 Å². The standard InChI is InChI=1S/C16H21N3OS/c1-3-8-18-15-6-9-17-12-14(15)16(20)19(2)10-7-13-5-4-11-21-13/h4-6,9,11-12H,3,7-8,10H2,1-2H3,(H,17,18). The third-order valence-electron chi connectivity index (χ3n) is 3.24. The number of nitrogens with zero attached hydrogens (tertiary/aromatic N) is 2. The Labute approximate surface area is 129 Å². The average molecular weight is 303 g/mol. The zero-order valence-corrected chi connectivity index (χ0v) is 13.3. The number of aromatic nitrogens is 1. The molecule has 2 aromatic rings. The van der Waals surface area contributed by atoms with Crippen LogP contribution in [0.4, 0.5) is 5.69 Å². The van der Waals surface area contributed by atoms with Crippen LogP contribution in [0.3, 0.4) is 0 Å². The molecule has 0 aliphatic heterocycles. The molecular formula is C16H21N3OS. The highest BCUT2D eigenvalue weighted by Crippen LogP contribution is 2.16. The minimum atomic E-state index is 0.0123. The number of likely N-dealkylation sites (N-methyl/N-ethyl adjacent to an activating group) is 1. The molecule has 0 aliphatic carbocycles. The summed E-state index contributed by atoms with van der Waals surface area (Å²) in [5, 5.41) is 5.34. The number of hydrogen-bond acceptors (Lipinski definition) is 4. The molecular weight excluding hydrogens is 282 g/mol. The molecule has 0 radical (unpaired) electrons. The molecule has 1 N–H and O–H groups in total. The van der Waals surface area contributed by atoms with Crippen LogP contribution in [0, 0.1) is 0 Å². The van der Waals surface area contributed by atoms with E-state index in [-0.39, 0.29) is 5.91 Å². The summed E-state index contributed by atoms with van der Waals surface area (Å²) >= 11 is 1.72. The summed E-state index contributed by atoms with van der Waals surface area (Å²) in [6.07, 6.45) is 5.25. The van der Waals surface area contributed by atoms with Gasteiger partial charge in [0.1, 0.15) is 0 Å². The first-order chi connectivity index (χ1) is 10.2. The Morgan fingerprint density at radius 1 is 1.43 bits per heavy atom. The van der Waals surface area contributed by atoms with Gasteiger partial charge in [-0.05, 0) is 30.4 Å². The fourth-order valence-corrected chi connectivity index (χ4v) is 2.72. The number of rotatable bonds is 7. The minimum Gasteiger partial charge on any atom is -0.384 e. The second kappa shape index (κ2) is 7.78. The van der Waals surface area contributed by atoms with E-state index in [1.807, 2.05) is 19.2 Å². The van der Waals surface area contributed by atoms with Crippen molar-refractivity contribution in [2.75, 3.05) is 25.5 Å². The fourth-order valence-electron chi connectivity index (χ4n) is 2.02. The van der Waals surface area contributed by atoms with Crippen molar-refractivity contribution in [2.45, 2.75) is 19.8 Å². The van der Waals surface area contributed by atoms with Crippen molar-refractivity contribution in [3.05, 3.63) is 46.4 Å². The lowest BCUT2D eigenvalue weighted by Crippen LogP contribution is -2.29. The SMILES string of the molecule is CCCNc1ccncc1C(=O)N(C)CCc1cccs1. The fraction of sp³-hybridized carbons (Fsp3) is 0.375. The number of hydrogen-bond donors (Lipinski definition) is 1. The summed E-state index contributed by atoms with van der Waals surface area (Å²) in [7, 11) is 1.84. The molecule has 1 amide bonds. The van der Waals surface area contributed by atoms with Gasteiger partial charge >= 0.3 is 0 Å². The Morgan fingerprint density at radius 2 is 2.29 bits per heavy atom. The quantitative estimate of drug-likeness (QED) is 0.854. The first kappa shape index (κ1) is 15.5. The van der Waals surface area contributed by atoms with Crippen LogP contribution in [-0.2, 0) is 6.42 Å². The maximum Gasteiger partial charge on any atom is 0.257 e. The Bertz CT molecular complexity index is 569. The van der Waals surface area contributed by atoms with E-state index in [0.29, 0.717) is 12.1 Å². The molecule has 4 nitrogen and oxygen atoms in total. The van der Waals surface area contributed by atoms with Gasteiger partial charge < -0.3 is 10.2 Å². The number of nitrogens with one attached hydrogen (secondary N) is 1. The van der Waals surface area contributed by atoms with Gasteiger partial charge in [-0.15, -0.1) is 11.3 Å². The molecule has 0 atom stereocenters. The van der Waals surface area contributed by atoms with E-state index >= 15 is 0 Å². The van der Waals surface area contributed by atoms with Crippen LogP contribution < -0.4 is 5.32 Å². The van der Waals surface area contributed by atoms with E-state index in [1.165, 1.54) is 4.88 Å². The lowest BCUT2D eigenvalue weighted by Gasteiger charge is -2.19. The molecule has 2 heterocycles. The normalized spacial score (nSPS) is 10.4. The molecule has 2 rings (SSSR count). The van der Waals surface area contributed by atoms with Crippen LogP contribution in [0.15, 0.2) is 36.0 Å². The Morgan fingerprint density at radius 3 is 3.00 bits per heavy atom. The van der Waals surface area contributed by atoms with E-state index in [4.69, 9.17) is 0 Å². The summed E-state index contributed by atoms with van der Waals surface area (Å²) in [6.45, 7) is 3.66. The lowest BCUT2D eigenvalue weighted by atomic mass is 10.2. The number of carbonyl (C=O) groups is 1.